The molecular weight excluding hydrogens is 685 g/mol. The number of benzene rings is 7. The molecule has 0 unspecified atom stereocenters. The predicted octanol–water partition coefficient (Wildman–Crippen LogP) is 12.4. The number of hydrogen-bond donors (Lipinski definition) is 0. The first kappa shape index (κ1) is 32.1. The second-order valence-electron chi connectivity index (χ2n) is 14.9. The summed E-state index contributed by atoms with van der Waals surface area (Å²) in [6.45, 7) is 4.73. The Morgan fingerprint density at radius 3 is 1.61 bits per heavy atom. The Morgan fingerprint density at radius 2 is 0.946 bits per heavy atom. The second-order valence-corrected chi connectivity index (χ2v) is 14.9. The number of para-hydroxylation sites is 4. The van der Waals surface area contributed by atoms with Crippen LogP contribution in [0.5, 0.6) is 0 Å². The van der Waals surface area contributed by atoms with Crippen LogP contribution in [0.25, 0.3) is 67.1 Å². The molecule has 6 heteroatoms. The van der Waals surface area contributed by atoms with Crippen LogP contribution in [-0.2, 0) is 5.41 Å². The van der Waals surface area contributed by atoms with Gasteiger partial charge in [0, 0.05) is 49.6 Å². The summed E-state index contributed by atoms with van der Waals surface area (Å²) < 4.78 is 4.75. The highest BCUT2D eigenvalue weighted by Gasteiger charge is 2.42. The third-order valence-corrected chi connectivity index (χ3v) is 11.3. The SMILES string of the molecule is CC1(C)c2ccccc2N(c2ccccc2)c2c1c1ccc3c4ccccc4n(-c4nc(-c5ccccc5)nc(-c5ccccc5)n4)c3c1n2-c1ccccc1. The topological polar surface area (TPSA) is 51.8 Å². The van der Waals surface area contributed by atoms with Gasteiger partial charge in [0.1, 0.15) is 5.82 Å². The Morgan fingerprint density at radius 1 is 0.429 bits per heavy atom. The van der Waals surface area contributed by atoms with E-state index in [1.807, 2.05) is 36.4 Å². The van der Waals surface area contributed by atoms with Crippen LogP contribution in [0.1, 0.15) is 25.0 Å². The van der Waals surface area contributed by atoms with E-state index in [9.17, 15) is 0 Å². The maximum Gasteiger partial charge on any atom is 0.238 e. The molecule has 0 amide bonds. The van der Waals surface area contributed by atoms with Crippen LogP contribution in [0.2, 0.25) is 0 Å². The Bertz CT molecular complexity index is 3030. The quantitative estimate of drug-likeness (QED) is 0.178. The van der Waals surface area contributed by atoms with Crippen molar-refractivity contribution < 1.29 is 0 Å². The molecule has 0 aliphatic carbocycles. The van der Waals surface area contributed by atoms with E-state index in [-0.39, 0.29) is 5.41 Å². The summed E-state index contributed by atoms with van der Waals surface area (Å²) in [5.74, 6) is 2.93. The van der Waals surface area contributed by atoms with E-state index >= 15 is 0 Å². The van der Waals surface area contributed by atoms with Gasteiger partial charge < -0.3 is 0 Å². The third kappa shape index (κ3) is 4.72. The van der Waals surface area contributed by atoms with Gasteiger partial charge >= 0.3 is 0 Å². The maximum absolute atomic E-state index is 5.31. The van der Waals surface area contributed by atoms with Crippen molar-refractivity contribution in [3.63, 3.8) is 0 Å². The molecule has 7 aromatic carbocycles. The van der Waals surface area contributed by atoms with Crippen molar-refractivity contribution in [1.82, 2.24) is 24.1 Å². The number of aromatic nitrogens is 5. The maximum atomic E-state index is 5.31. The molecule has 11 rings (SSSR count). The highest BCUT2D eigenvalue weighted by atomic mass is 15.3. The molecule has 0 bridgehead atoms. The standard InChI is InChI=1S/C50H36N6/c1-50(2)40-28-16-18-30-42(40)54(35-23-11-5-12-24-35)48-43(50)39-32-31-38-37-27-15-17-29-41(37)56(44(38)45(39)55(48)36-25-13-6-14-26-36)49-52-46(33-19-7-3-8-20-33)51-47(53-49)34-21-9-4-10-22-34/h3-32H,1-2H3. The van der Waals surface area contributed by atoms with Gasteiger partial charge in [-0.3, -0.25) is 14.0 Å². The highest BCUT2D eigenvalue weighted by molar-refractivity contribution is 6.20. The molecule has 266 valence electrons. The lowest BCUT2D eigenvalue weighted by molar-refractivity contribution is 0.635. The summed E-state index contributed by atoms with van der Waals surface area (Å²) in [5.41, 5.74) is 10.6. The molecule has 0 N–H and O–H groups in total. The molecule has 0 saturated heterocycles. The Kier molecular flexibility index (Phi) is 7.10. The summed E-state index contributed by atoms with van der Waals surface area (Å²) in [7, 11) is 0. The van der Waals surface area contributed by atoms with Crippen LogP contribution >= 0.6 is 0 Å². The third-order valence-electron chi connectivity index (χ3n) is 11.3. The van der Waals surface area contributed by atoms with Crippen molar-refractivity contribution in [2.24, 2.45) is 0 Å². The summed E-state index contributed by atoms with van der Waals surface area (Å²) in [6, 6.07) is 64.0. The Labute approximate surface area is 324 Å². The van der Waals surface area contributed by atoms with Gasteiger partial charge in [-0.2, -0.15) is 9.97 Å². The molecule has 0 saturated carbocycles. The molecule has 0 atom stereocenters. The molecule has 0 fully saturated rings. The van der Waals surface area contributed by atoms with Gasteiger partial charge in [-0.15, -0.1) is 0 Å². The fourth-order valence-corrected chi connectivity index (χ4v) is 8.85. The summed E-state index contributed by atoms with van der Waals surface area (Å²) in [5, 5.41) is 3.44. The Balaban J connectivity index is 1.34. The van der Waals surface area contributed by atoms with E-state index < -0.39 is 0 Å². The molecule has 3 aromatic heterocycles. The minimum absolute atomic E-state index is 0.339. The molecular formula is C50H36N6. The van der Waals surface area contributed by atoms with Gasteiger partial charge in [-0.25, -0.2) is 4.98 Å². The molecule has 0 radical (unpaired) electrons. The zero-order chi connectivity index (χ0) is 37.4. The number of nitrogens with zero attached hydrogens (tertiary/aromatic N) is 6. The molecule has 1 aliphatic rings. The van der Waals surface area contributed by atoms with Crippen molar-refractivity contribution in [3.8, 4) is 34.4 Å². The van der Waals surface area contributed by atoms with E-state index in [0.29, 0.717) is 17.6 Å². The summed E-state index contributed by atoms with van der Waals surface area (Å²) in [6.07, 6.45) is 0. The fourth-order valence-electron chi connectivity index (χ4n) is 8.85. The van der Waals surface area contributed by atoms with E-state index in [4.69, 9.17) is 15.0 Å². The normalized spacial score (nSPS) is 13.3. The number of fused-ring (bicyclic) bond motifs is 8. The number of hydrogen-bond acceptors (Lipinski definition) is 4. The van der Waals surface area contributed by atoms with Crippen molar-refractivity contribution in [2.75, 3.05) is 4.90 Å². The van der Waals surface area contributed by atoms with Crippen molar-refractivity contribution in [1.29, 1.82) is 0 Å². The van der Waals surface area contributed by atoms with Gasteiger partial charge in [-0.05, 0) is 42.0 Å². The smallest absolute Gasteiger partial charge is 0.238 e. The van der Waals surface area contributed by atoms with Crippen LogP contribution in [0.3, 0.4) is 0 Å². The summed E-state index contributed by atoms with van der Waals surface area (Å²) >= 11 is 0. The minimum Gasteiger partial charge on any atom is -0.296 e. The molecule has 1 aliphatic heterocycles. The Hall–Kier alpha value is -7.31. The lowest BCUT2D eigenvalue weighted by atomic mass is 9.74. The van der Waals surface area contributed by atoms with Gasteiger partial charge in [0.15, 0.2) is 11.6 Å². The van der Waals surface area contributed by atoms with Crippen molar-refractivity contribution in [2.45, 2.75) is 19.3 Å². The van der Waals surface area contributed by atoms with Crippen molar-refractivity contribution >= 4 is 49.9 Å². The molecule has 4 heterocycles. The first-order valence-electron chi connectivity index (χ1n) is 19.1. The van der Waals surface area contributed by atoms with E-state index in [0.717, 1.165) is 55.6 Å². The zero-order valence-electron chi connectivity index (χ0n) is 31.0. The molecule has 0 spiro atoms. The van der Waals surface area contributed by atoms with Crippen molar-refractivity contribution in [3.05, 3.63) is 193 Å². The van der Waals surface area contributed by atoms with Gasteiger partial charge in [0.05, 0.1) is 22.2 Å². The van der Waals surface area contributed by atoms with Gasteiger partial charge in [0.25, 0.3) is 0 Å². The molecule has 56 heavy (non-hydrogen) atoms. The highest BCUT2D eigenvalue weighted by Crippen LogP contribution is 2.57. The molecule has 10 aromatic rings. The van der Waals surface area contributed by atoms with E-state index in [1.54, 1.807) is 0 Å². The van der Waals surface area contributed by atoms with E-state index in [2.05, 4.69) is 173 Å². The van der Waals surface area contributed by atoms with Gasteiger partial charge in [0.2, 0.25) is 5.95 Å². The summed E-state index contributed by atoms with van der Waals surface area (Å²) in [4.78, 5) is 18.1. The predicted molar refractivity (Wildman–Crippen MR) is 229 cm³/mol. The zero-order valence-corrected chi connectivity index (χ0v) is 31.0. The second kappa shape index (κ2) is 12.4. The lowest BCUT2D eigenvalue weighted by Crippen LogP contribution is -2.31. The van der Waals surface area contributed by atoms with Crippen LogP contribution in [0.15, 0.2) is 182 Å². The largest absolute Gasteiger partial charge is 0.296 e. The first-order chi connectivity index (χ1) is 27.6. The first-order valence-corrected chi connectivity index (χ1v) is 19.1. The average Bonchev–Trinajstić information content (AvgIpc) is 3.79. The minimum atomic E-state index is -0.339. The van der Waals surface area contributed by atoms with Crippen LogP contribution in [0.4, 0.5) is 17.2 Å². The van der Waals surface area contributed by atoms with E-state index in [1.165, 1.54) is 22.2 Å². The van der Waals surface area contributed by atoms with Crippen LogP contribution < -0.4 is 4.90 Å². The molecule has 6 nitrogen and oxygen atoms in total. The van der Waals surface area contributed by atoms with Crippen LogP contribution in [-0.4, -0.2) is 24.1 Å². The number of rotatable bonds is 5. The van der Waals surface area contributed by atoms with Gasteiger partial charge in [-0.1, -0.05) is 159 Å². The number of anilines is 3. The lowest BCUT2D eigenvalue weighted by Gasteiger charge is -2.41. The van der Waals surface area contributed by atoms with Crippen LogP contribution in [0, 0.1) is 0 Å². The fraction of sp³-hybridized carbons (Fsp3) is 0.0600. The average molecular weight is 721 g/mol. The monoisotopic (exact) mass is 720 g/mol.